The number of hydrogen-bond donors (Lipinski definition) is 0. The van der Waals surface area contributed by atoms with Crippen molar-refractivity contribution in [2.75, 3.05) is 19.7 Å². The number of esters is 1. The van der Waals surface area contributed by atoms with Crippen LogP contribution in [0.15, 0.2) is 12.7 Å². The lowest BCUT2D eigenvalue weighted by Gasteiger charge is -2.37. The molecule has 0 aromatic carbocycles. The van der Waals surface area contributed by atoms with Crippen molar-refractivity contribution >= 4 is 22.0 Å². The van der Waals surface area contributed by atoms with Crippen LogP contribution in [0.1, 0.15) is 26.7 Å². The van der Waals surface area contributed by atoms with Crippen LogP contribution in [-0.2, 0) is 29.2 Å². The zero-order chi connectivity index (χ0) is 22.4. The van der Waals surface area contributed by atoms with E-state index in [9.17, 15) is 44.5 Å². The lowest BCUT2D eigenvalue weighted by molar-refractivity contribution is -0.355. The first-order chi connectivity index (χ1) is 12.6. The molecule has 1 atom stereocenters. The summed E-state index contributed by atoms with van der Waals surface area (Å²) >= 11 is 0. The van der Waals surface area contributed by atoms with Gasteiger partial charge in [-0.25, -0.2) is 13.2 Å². The molecule has 0 bridgehead atoms. The van der Waals surface area contributed by atoms with Gasteiger partial charge in [0.1, 0.15) is 6.61 Å². The normalized spacial score (nSPS) is 14.9. The van der Waals surface area contributed by atoms with Crippen molar-refractivity contribution in [3.8, 4) is 0 Å². The average Bonchev–Trinajstić information content (AvgIpc) is 2.55. The highest BCUT2D eigenvalue weighted by Crippen LogP contribution is 2.39. The van der Waals surface area contributed by atoms with Crippen LogP contribution < -0.4 is 0 Å². The number of hydrogen-bond acceptors (Lipinski definition) is 7. The molecule has 28 heavy (non-hydrogen) atoms. The molecule has 0 N–H and O–H groups in total. The van der Waals surface area contributed by atoms with Gasteiger partial charge in [0.2, 0.25) is 0 Å². The number of ether oxygens (including phenoxy) is 2. The van der Waals surface area contributed by atoms with Gasteiger partial charge in [0.25, 0.3) is 0 Å². The molecule has 14 heteroatoms. The van der Waals surface area contributed by atoms with Gasteiger partial charge < -0.3 is 18.9 Å². The van der Waals surface area contributed by atoms with E-state index in [2.05, 4.69) is 16.1 Å². The summed E-state index contributed by atoms with van der Waals surface area (Å²) in [5.74, 6) is -8.51. The van der Waals surface area contributed by atoms with E-state index in [0.29, 0.717) is 4.90 Å². The summed E-state index contributed by atoms with van der Waals surface area (Å²) in [6.07, 6.45) is -5.38. The highest BCUT2D eigenvalue weighted by atomic mass is 32.2. The molecule has 1 unspecified atom stereocenters. The van der Waals surface area contributed by atoms with Gasteiger partial charge in [-0.2, -0.15) is 22.0 Å². The zero-order valence-electron chi connectivity index (χ0n) is 14.9. The van der Waals surface area contributed by atoms with Crippen LogP contribution in [0.2, 0.25) is 0 Å². The highest BCUT2D eigenvalue weighted by molar-refractivity contribution is 7.86. The van der Waals surface area contributed by atoms with E-state index in [1.165, 1.54) is 13.8 Å². The maximum atomic E-state index is 13.7. The molecule has 0 aromatic rings. The number of rotatable bonds is 11. The van der Waals surface area contributed by atoms with Crippen LogP contribution in [0.3, 0.4) is 0 Å². The Hall–Kier alpha value is -1.80. The quantitative estimate of drug-likeness (QED) is 0.158. The molecule has 164 valence electrons. The van der Waals surface area contributed by atoms with Crippen molar-refractivity contribution < 1.29 is 54.0 Å². The van der Waals surface area contributed by atoms with Crippen LogP contribution in [0.5, 0.6) is 0 Å². The molecule has 0 aliphatic heterocycles. The Morgan fingerprint density at radius 3 is 1.89 bits per heavy atom. The standard InChI is InChI=1S/C14H20F5NO7S/c1-4-7-20(8-5-2)11(22)13(14(17,18)19,27-10(21)6-3)26-9-12(15,16)28(23,24)25/h6H,3-5,7-9H2,1-2H3,(H,23,24,25)/p-1. The molecule has 1 amide bonds. The van der Waals surface area contributed by atoms with Gasteiger partial charge >= 0.3 is 29.1 Å². The Morgan fingerprint density at radius 1 is 1.11 bits per heavy atom. The third kappa shape index (κ3) is 6.10. The van der Waals surface area contributed by atoms with Gasteiger partial charge in [-0.1, -0.05) is 20.4 Å². The lowest BCUT2D eigenvalue weighted by atomic mass is 10.2. The van der Waals surface area contributed by atoms with E-state index >= 15 is 0 Å². The fourth-order valence-electron chi connectivity index (χ4n) is 1.90. The van der Waals surface area contributed by atoms with E-state index in [1.54, 1.807) is 0 Å². The van der Waals surface area contributed by atoms with Crippen LogP contribution >= 0.6 is 0 Å². The zero-order valence-corrected chi connectivity index (χ0v) is 15.7. The molecule has 0 aromatic heterocycles. The minimum absolute atomic E-state index is 0.153. The van der Waals surface area contributed by atoms with Crippen molar-refractivity contribution in [3.63, 3.8) is 0 Å². The highest BCUT2D eigenvalue weighted by Gasteiger charge is 2.68. The molecule has 0 fully saturated rings. The summed E-state index contributed by atoms with van der Waals surface area (Å²) in [6, 6.07) is 0. The first kappa shape index (κ1) is 26.2. The van der Waals surface area contributed by atoms with Crippen molar-refractivity contribution in [2.45, 2.75) is 43.9 Å². The topological polar surface area (TPSA) is 113 Å². The Bertz CT molecular complexity index is 674. The second kappa shape index (κ2) is 9.60. The number of carbonyl (C=O) groups is 2. The number of amides is 1. The fraction of sp³-hybridized carbons (Fsp3) is 0.714. The summed E-state index contributed by atoms with van der Waals surface area (Å²) in [4.78, 5) is 24.4. The van der Waals surface area contributed by atoms with Crippen LogP contribution in [0, 0.1) is 0 Å². The maximum absolute atomic E-state index is 13.7. The lowest BCUT2D eigenvalue weighted by Crippen LogP contribution is -2.63. The predicted molar refractivity (Wildman–Crippen MR) is 82.8 cm³/mol. The number of nitrogens with zero attached hydrogens (tertiary/aromatic N) is 1. The van der Waals surface area contributed by atoms with Crippen LogP contribution in [0.25, 0.3) is 0 Å². The first-order valence-corrected chi connectivity index (χ1v) is 9.19. The van der Waals surface area contributed by atoms with Gasteiger partial charge in [-0.15, -0.1) is 0 Å². The second-order valence-electron chi connectivity index (χ2n) is 5.41. The van der Waals surface area contributed by atoms with Gasteiger partial charge in [-0.05, 0) is 12.8 Å². The van der Waals surface area contributed by atoms with E-state index in [-0.39, 0.29) is 32.0 Å². The third-order valence-electron chi connectivity index (χ3n) is 3.15. The van der Waals surface area contributed by atoms with Crippen molar-refractivity contribution in [3.05, 3.63) is 12.7 Å². The summed E-state index contributed by atoms with van der Waals surface area (Å²) in [5.41, 5.74) is 0. The Labute approximate surface area is 158 Å². The van der Waals surface area contributed by atoms with Crippen molar-refractivity contribution in [2.24, 2.45) is 0 Å². The number of carbonyl (C=O) groups excluding carboxylic acids is 2. The van der Waals surface area contributed by atoms with Crippen molar-refractivity contribution in [1.29, 1.82) is 0 Å². The van der Waals surface area contributed by atoms with E-state index in [0.717, 1.165) is 0 Å². The molecule has 0 aliphatic rings. The van der Waals surface area contributed by atoms with Crippen molar-refractivity contribution in [1.82, 2.24) is 4.90 Å². The molecular formula is C14H19F5NO7S-. The summed E-state index contributed by atoms with van der Waals surface area (Å²) in [6.45, 7) is 2.59. The van der Waals surface area contributed by atoms with Gasteiger partial charge in [0, 0.05) is 19.2 Å². The smallest absolute Gasteiger partial charge is 0.466 e. The number of halogens is 5. The summed E-state index contributed by atoms with van der Waals surface area (Å²) in [7, 11) is -6.43. The molecular weight excluding hydrogens is 421 g/mol. The van der Waals surface area contributed by atoms with Crippen LogP contribution in [0.4, 0.5) is 22.0 Å². The van der Waals surface area contributed by atoms with E-state index < -0.39 is 45.8 Å². The maximum Gasteiger partial charge on any atom is 0.466 e. The Kier molecular flexibility index (Phi) is 8.99. The average molecular weight is 440 g/mol. The minimum Gasteiger partial charge on any atom is -0.743 e. The predicted octanol–water partition coefficient (Wildman–Crippen LogP) is 1.78. The molecule has 0 saturated heterocycles. The molecule has 0 saturated carbocycles. The SMILES string of the molecule is C=CC(=O)OC(OCC(F)(F)S(=O)(=O)[O-])(C(=O)N(CCC)CCC)C(F)(F)F. The largest absolute Gasteiger partial charge is 0.743 e. The summed E-state index contributed by atoms with van der Waals surface area (Å²) < 4.78 is 107. The molecule has 0 rings (SSSR count). The molecule has 0 spiro atoms. The molecule has 0 radical (unpaired) electrons. The third-order valence-corrected chi connectivity index (χ3v) is 4.00. The fourth-order valence-corrected chi connectivity index (χ4v) is 2.10. The Morgan fingerprint density at radius 2 is 1.57 bits per heavy atom. The van der Waals surface area contributed by atoms with Crippen LogP contribution in [-0.4, -0.2) is 66.7 Å². The monoisotopic (exact) mass is 440 g/mol. The second-order valence-corrected chi connectivity index (χ2v) is 6.92. The van der Waals surface area contributed by atoms with Gasteiger partial charge in [-0.3, -0.25) is 4.79 Å². The summed E-state index contributed by atoms with van der Waals surface area (Å²) in [5, 5.41) is -5.33. The molecule has 8 nitrogen and oxygen atoms in total. The molecule has 0 heterocycles. The van der Waals surface area contributed by atoms with Gasteiger partial charge in [0.05, 0.1) is 0 Å². The van der Waals surface area contributed by atoms with E-state index in [4.69, 9.17) is 0 Å². The van der Waals surface area contributed by atoms with Gasteiger partial charge in [0.15, 0.2) is 10.1 Å². The van der Waals surface area contributed by atoms with E-state index in [1.807, 2.05) is 0 Å². The first-order valence-electron chi connectivity index (χ1n) is 7.78. The number of alkyl halides is 5. The minimum atomic E-state index is -6.43. The Balaban J connectivity index is 6.34. The molecule has 0 aliphatic carbocycles.